The molecule has 2 amide bonds. The topological polar surface area (TPSA) is 96.4 Å². The Hall–Kier alpha value is -3.55. The van der Waals surface area contributed by atoms with E-state index in [9.17, 15) is 19.5 Å². The average molecular weight is 453 g/mol. The van der Waals surface area contributed by atoms with Gasteiger partial charge in [0, 0.05) is 19.0 Å². The van der Waals surface area contributed by atoms with Crippen LogP contribution in [-0.2, 0) is 14.3 Å². The van der Waals surface area contributed by atoms with Gasteiger partial charge in [-0.05, 0) is 43.0 Å². The van der Waals surface area contributed by atoms with Gasteiger partial charge in [-0.25, -0.2) is 14.4 Å². The Labute approximate surface area is 192 Å². The van der Waals surface area contributed by atoms with Gasteiger partial charge in [-0.3, -0.25) is 4.90 Å². The van der Waals surface area contributed by atoms with Crippen LogP contribution >= 0.6 is 0 Å². The van der Waals surface area contributed by atoms with Gasteiger partial charge < -0.3 is 19.5 Å². The number of ether oxygens (including phenoxy) is 2. The molecule has 1 N–H and O–H groups in total. The molecule has 0 saturated carbocycles. The molecule has 1 aliphatic carbocycles. The normalized spacial score (nSPS) is 17.8. The van der Waals surface area contributed by atoms with Crippen molar-refractivity contribution in [3.63, 3.8) is 0 Å². The van der Waals surface area contributed by atoms with E-state index in [0.717, 1.165) is 27.2 Å². The van der Waals surface area contributed by atoms with Crippen LogP contribution in [-0.4, -0.2) is 70.9 Å². The molecule has 0 radical (unpaired) electrons. The van der Waals surface area contributed by atoms with Crippen molar-refractivity contribution in [2.45, 2.75) is 38.3 Å². The molecule has 2 aromatic carbocycles. The molecular formula is C25H28N2O6. The highest BCUT2D eigenvalue weighted by atomic mass is 16.6. The number of carbonyl (C=O) groups excluding carboxylic acids is 2. The summed E-state index contributed by atoms with van der Waals surface area (Å²) in [5, 5.41) is 9.65. The van der Waals surface area contributed by atoms with E-state index in [2.05, 4.69) is 12.1 Å². The summed E-state index contributed by atoms with van der Waals surface area (Å²) in [6.45, 7) is 5.35. The zero-order valence-electron chi connectivity index (χ0n) is 19.0. The summed E-state index contributed by atoms with van der Waals surface area (Å²) in [5.41, 5.74) is 3.72. The molecule has 1 saturated heterocycles. The number of piperazine rings is 1. The van der Waals surface area contributed by atoms with Crippen molar-refractivity contribution in [2.24, 2.45) is 0 Å². The highest BCUT2D eigenvalue weighted by Gasteiger charge is 2.40. The van der Waals surface area contributed by atoms with Crippen molar-refractivity contribution in [1.82, 2.24) is 9.80 Å². The average Bonchev–Trinajstić information content (AvgIpc) is 3.09. The number of rotatable bonds is 3. The van der Waals surface area contributed by atoms with Crippen molar-refractivity contribution in [2.75, 3.05) is 26.2 Å². The standard InChI is InChI=1S/C25H28N2O6/c1-25(2,3)33-24(31)27-13-12-26(14-21(27)22(28)29)23(30)32-15-20-18-10-6-4-8-16(18)17-9-5-7-11-19(17)20/h4-11,20-21H,12-15H2,1-3H3,(H,28,29)/t21-/m1/s1. The Morgan fingerprint density at radius 3 is 2.06 bits per heavy atom. The number of amides is 2. The second-order valence-corrected chi connectivity index (χ2v) is 9.28. The Kier molecular flexibility index (Phi) is 6.01. The Bertz CT molecular complexity index is 1030. The minimum absolute atomic E-state index is 0.0517. The monoisotopic (exact) mass is 452 g/mol. The van der Waals surface area contributed by atoms with Crippen LogP contribution in [0.25, 0.3) is 11.1 Å². The number of fused-ring (bicyclic) bond motifs is 3. The first-order chi connectivity index (χ1) is 15.7. The lowest BCUT2D eigenvalue weighted by Gasteiger charge is -2.39. The van der Waals surface area contributed by atoms with Crippen molar-refractivity contribution >= 4 is 18.2 Å². The molecule has 1 fully saturated rings. The van der Waals surface area contributed by atoms with Gasteiger partial charge in [0.2, 0.25) is 0 Å². The van der Waals surface area contributed by atoms with Gasteiger partial charge in [0.1, 0.15) is 12.2 Å². The predicted molar refractivity (Wildman–Crippen MR) is 121 cm³/mol. The summed E-state index contributed by atoms with van der Waals surface area (Å²) in [6.07, 6.45) is -1.30. The van der Waals surface area contributed by atoms with E-state index >= 15 is 0 Å². The van der Waals surface area contributed by atoms with Crippen molar-refractivity contribution in [3.8, 4) is 11.1 Å². The smallest absolute Gasteiger partial charge is 0.411 e. The molecule has 4 rings (SSSR count). The van der Waals surface area contributed by atoms with Crippen LogP contribution in [0.2, 0.25) is 0 Å². The third-order valence-corrected chi connectivity index (χ3v) is 5.89. The first-order valence-corrected chi connectivity index (χ1v) is 11.0. The molecule has 1 aliphatic heterocycles. The molecule has 33 heavy (non-hydrogen) atoms. The lowest BCUT2D eigenvalue weighted by molar-refractivity contribution is -0.145. The van der Waals surface area contributed by atoms with E-state index in [0.29, 0.717) is 0 Å². The number of aliphatic carboxylic acids is 1. The lowest BCUT2D eigenvalue weighted by atomic mass is 9.98. The summed E-state index contributed by atoms with van der Waals surface area (Å²) in [7, 11) is 0. The van der Waals surface area contributed by atoms with Gasteiger partial charge in [-0.15, -0.1) is 0 Å². The third kappa shape index (κ3) is 4.65. The predicted octanol–water partition coefficient (Wildman–Crippen LogP) is 3.94. The van der Waals surface area contributed by atoms with Gasteiger partial charge in [-0.1, -0.05) is 48.5 Å². The Balaban J connectivity index is 1.43. The lowest BCUT2D eigenvalue weighted by Crippen LogP contribution is -2.60. The number of hydrogen-bond donors (Lipinski definition) is 1. The van der Waals surface area contributed by atoms with Gasteiger partial charge in [0.25, 0.3) is 0 Å². The summed E-state index contributed by atoms with van der Waals surface area (Å²) < 4.78 is 11.0. The fourth-order valence-corrected chi connectivity index (χ4v) is 4.38. The molecule has 8 nitrogen and oxygen atoms in total. The van der Waals surface area contributed by atoms with Gasteiger partial charge >= 0.3 is 18.2 Å². The van der Waals surface area contributed by atoms with Crippen LogP contribution in [0, 0.1) is 0 Å². The second-order valence-electron chi connectivity index (χ2n) is 9.28. The molecule has 8 heteroatoms. The zero-order valence-corrected chi connectivity index (χ0v) is 19.0. The number of nitrogens with zero attached hydrogens (tertiary/aromatic N) is 2. The molecule has 1 atom stereocenters. The summed E-state index contributed by atoms with van der Waals surface area (Å²) >= 11 is 0. The van der Waals surface area contributed by atoms with Crippen LogP contribution in [0.5, 0.6) is 0 Å². The summed E-state index contributed by atoms with van der Waals surface area (Å²) in [5.74, 6) is -1.28. The molecule has 0 aromatic heterocycles. The van der Waals surface area contributed by atoms with Gasteiger partial charge in [-0.2, -0.15) is 0 Å². The largest absolute Gasteiger partial charge is 0.480 e. The molecule has 2 aliphatic rings. The van der Waals surface area contributed by atoms with E-state index in [4.69, 9.17) is 9.47 Å². The highest BCUT2D eigenvalue weighted by molar-refractivity contribution is 5.82. The van der Waals surface area contributed by atoms with Crippen LogP contribution in [0.4, 0.5) is 9.59 Å². The molecule has 0 unspecified atom stereocenters. The van der Waals surface area contributed by atoms with Crippen LogP contribution in [0.15, 0.2) is 48.5 Å². The van der Waals surface area contributed by atoms with E-state index in [-0.39, 0.29) is 32.2 Å². The molecular weight excluding hydrogens is 424 g/mol. The molecule has 1 heterocycles. The third-order valence-electron chi connectivity index (χ3n) is 5.89. The molecule has 0 spiro atoms. The number of benzene rings is 2. The maximum atomic E-state index is 12.8. The quantitative estimate of drug-likeness (QED) is 0.758. The number of carboxylic acids is 1. The van der Waals surface area contributed by atoms with Crippen LogP contribution in [0.3, 0.4) is 0 Å². The van der Waals surface area contributed by atoms with E-state index < -0.39 is 29.8 Å². The minimum atomic E-state index is -1.20. The Morgan fingerprint density at radius 2 is 1.52 bits per heavy atom. The fourth-order valence-electron chi connectivity index (χ4n) is 4.38. The number of hydrogen-bond acceptors (Lipinski definition) is 5. The first-order valence-electron chi connectivity index (χ1n) is 11.0. The molecule has 2 aromatic rings. The van der Waals surface area contributed by atoms with Gasteiger partial charge in [0.15, 0.2) is 6.04 Å². The zero-order chi connectivity index (χ0) is 23.8. The highest BCUT2D eigenvalue weighted by Crippen LogP contribution is 2.44. The van der Waals surface area contributed by atoms with Gasteiger partial charge in [0.05, 0.1) is 6.54 Å². The first kappa shape index (κ1) is 22.6. The van der Waals surface area contributed by atoms with Crippen molar-refractivity contribution < 1.29 is 29.0 Å². The number of carbonyl (C=O) groups is 3. The van der Waals surface area contributed by atoms with Crippen LogP contribution < -0.4 is 0 Å². The van der Waals surface area contributed by atoms with E-state index in [1.165, 1.54) is 4.90 Å². The summed E-state index contributed by atoms with van der Waals surface area (Å²) in [4.78, 5) is 39.6. The van der Waals surface area contributed by atoms with Crippen molar-refractivity contribution in [3.05, 3.63) is 59.7 Å². The summed E-state index contributed by atoms with van der Waals surface area (Å²) in [6, 6.07) is 14.9. The molecule has 0 bridgehead atoms. The fraction of sp³-hybridized carbons (Fsp3) is 0.400. The molecule has 174 valence electrons. The maximum absolute atomic E-state index is 12.8. The minimum Gasteiger partial charge on any atom is -0.480 e. The maximum Gasteiger partial charge on any atom is 0.411 e. The van der Waals surface area contributed by atoms with E-state index in [1.807, 2.05) is 36.4 Å². The SMILES string of the molecule is CC(C)(C)OC(=O)N1CCN(C(=O)OCC2c3ccccc3-c3ccccc32)C[C@@H]1C(=O)O. The van der Waals surface area contributed by atoms with Crippen molar-refractivity contribution in [1.29, 1.82) is 0 Å². The number of carboxylic acid groups (broad SMARTS) is 1. The van der Waals surface area contributed by atoms with E-state index in [1.54, 1.807) is 20.8 Å². The second kappa shape index (κ2) is 8.77. The van der Waals surface area contributed by atoms with Crippen LogP contribution in [0.1, 0.15) is 37.8 Å². The Morgan fingerprint density at radius 1 is 0.939 bits per heavy atom.